The SMILES string of the molecule is CCCCc1nnc2c(Cl)nc3ccccc3n12. The molecule has 4 nitrogen and oxygen atoms in total. The minimum atomic E-state index is 0.406. The van der Waals surface area contributed by atoms with E-state index >= 15 is 0 Å². The van der Waals surface area contributed by atoms with Crippen LogP contribution in [-0.2, 0) is 6.42 Å². The van der Waals surface area contributed by atoms with Crippen LogP contribution in [-0.4, -0.2) is 19.6 Å². The molecule has 3 aromatic rings. The van der Waals surface area contributed by atoms with Gasteiger partial charge < -0.3 is 0 Å². The number of hydrogen-bond donors (Lipinski definition) is 0. The molecule has 0 radical (unpaired) electrons. The maximum Gasteiger partial charge on any atom is 0.199 e. The minimum Gasteiger partial charge on any atom is -0.275 e. The van der Waals surface area contributed by atoms with Crippen LogP contribution in [0.2, 0.25) is 5.15 Å². The molecule has 0 unspecified atom stereocenters. The fourth-order valence-electron chi connectivity index (χ4n) is 2.10. The third-order valence-corrected chi connectivity index (χ3v) is 3.26. The Kier molecular flexibility index (Phi) is 2.88. The lowest BCUT2D eigenvalue weighted by Gasteiger charge is -2.04. The van der Waals surface area contributed by atoms with E-state index in [1.165, 1.54) is 0 Å². The molecule has 3 rings (SSSR count). The molecule has 0 aliphatic carbocycles. The summed E-state index contributed by atoms with van der Waals surface area (Å²) in [6.45, 7) is 2.16. The molecule has 18 heavy (non-hydrogen) atoms. The van der Waals surface area contributed by atoms with E-state index in [4.69, 9.17) is 11.6 Å². The lowest BCUT2D eigenvalue weighted by Crippen LogP contribution is -1.98. The van der Waals surface area contributed by atoms with E-state index in [9.17, 15) is 0 Å². The number of halogens is 1. The molecule has 0 bridgehead atoms. The average Bonchev–Trinajstić information content (AvgIpc) is 2.81. The number of fused-ring (bicyclic) bond motifs is 3. The smallest absolute Gasteiger partial charge is 0.199 e. The fourth-order valence-corrected chi connectivity index (χ4v) is 2.32. The summed E-state index contributed by atoms with van der Waals surface area (Å²) in [5.41, 5.74) is 2.52. The molecule has 2 aromatic heterocycles. The summed E-state index contributed by atoms with van der Waals surface area (Å²) in [4.78, 5) is 4.34. The lowest BCUT2D eigenvalue weighted by molar-refractivity contribution is 0.747. The largest absolute Gasteiger partial charge is 0.275 e. The van der Waals surface area contributed by atoms with Gasteiger partial charge in [-0.25, -0.2) is 4.98 Å². The molecule has 0 saturated heterocycles. The average molecular weight is 261 g/mol. The van der Waals surface area contributed by atoms with E-state index < -0.39 is 0 Å². The summed E-state index contributed by atoms with van der Waals surface area (Å²) in [5.74, 6) is 0.951. The topological polar surface area (TPSA) is 43.1 Å². The maximum absolute atomic E-state index is 6.15. The van der Waals surface area contributed by atoms with Crippen molar-refractivity contribution < 1.29 is 0 Å². The van der Waals surface area contributed by atoms with E-state index in [0.29, 0.717) is 10.8 Å². The van der Waals surface area contributed by atoms with Crippen molar-refractivity contribution in [3.63, 3.8) is 0 Å². The van der Waals surface area contributed by atoms with Crippen molar-refractivity contribution in [3.05, 3.63) is 35.2 Å². The molecule has 0 aliphatic heterocycles. The van der Waals surface area contributed by atoms with Gasteiger partial charge in [0, 0.05) is 6.42 Å². The van der Waals surface area contributed by atoms with Gasteiger partial charge in [-0.3, -0.25) is 4.40 Å². The quantitative estimate of drug-likeness (QED) is 0.726. The summed E-state index contributed by atoms with van der Waals surface area (Å²) in [5, 5.41) is 8.78. The van der Waals surface area contributed by atoms with Gasteiger partial charge in [-0.05, 0) is 18.6 Å². The molecular formula is C13H13ClN4. The van der Waals surface area contributed by atoms with E-state index in [-0.39, 0.29) is 0 Å². The number of rotatable bonds is 3. The first kappa shape index (κ1) is 11.4. The van der Waals surface area contributed by atoms with Crippen LogP contribution in [0.3, 0.4) is 0 Å². The summed E-state index contributed by atoms with van der Waals surface area (Å²) >= 11 is 6.15. The Hall–Kier alpha value is -1.68. The van der Waals surface area contributed by atoms with E-state index in [1.54, 1.807) is 0 Å². The summed E-state index contributed by atoms with van der Waals surface area (Å²) in [7, 11) is 0. The van der Waals surface area contributed by atoms with Gasteiger partial charge in [0.1, 0.15) is 5.82 Å². The van der Waals surface area contributed by atoms with Gasteiger partial charge in [-0.15, -0.1) is 10.2 Å². The normalized spacial score (nSPS) is 11.4. The molecule has 2 heterocycles. The highest BCUT2D eigenvalue weighted by Gasteiger charge is 2.12. The molecule has 5 heteroatoms. The van der Waals surface area contributed by atoms with E-state index in [2.05, 4.69) is 22.1 Å². The maximum atomic E-state index is 6.15. The van der Waals surface area contributed by atoms with Gasteiger partial charge in [-0.2, -0.15) is 0 Å². The molecule has 1 aromatic carbocycles. The first-order valence-corrected chi connectivity index (χ1v) is 6.47. The van der Waals surface area contributed by atoms with Crippen LogP contribution in [0.1, 0.15) is 25.6 Å². The highest BCUT2D eigenvalue weighted by atomic mass is 35.5. The van der Waals surface area contributed by atoms with Crippen molar-refractivity contribution in [2.24, 2.45) is 0 Å². The van der Waals surface area contributed by atoms with Crippen LogP contribution in [0.5, 0.6) is 0 Å². The fraction of sp³-hybridized carbons (Fsp3) is 0.308. The van der Waals surface area contributed by atoms with Crippen LogP contribution >= 0.6 is 11.6 Å². The van der Waals surface area contributed by atoms with Crippen molar-refractivity contribution >= 4 is 28.3 Å². The summed E-state index contributed by atoms with van der Waals surface area (Å²) in [6, 6.07) is 7.91. The molecular weight excluding hydrogens is 248 g/mol. The highest BCUT2D eigenvalue weighted by Crippen LogP contribution is 2.21. The second-order valence-electron chi connectivity index (χ2n) is 4.27. The van der Waals surface area contributed by atoms with Gasteiger partial charge in [-0.1, -0.05) is 37.1 Å². The first-order chi connectivity index (χ1) is 8.81. The second-order valence-corrected chi connectivity index (χ2v) is 4.63. The van der Waals surface area contributed by atoms with Gasteiger partial charge in [0.05, 0.1) is 11.0 Å². The standard InChI is InChI=1S/C13H13ClN4/c1-2-3-8-11-16-17-13-12(14)15-9-6-4-5-7-10(9)18(11)13/h4-7H,2-3,8H2,1H3. The Labute approximate surface area is 110 Å². The van der Waals surface area contributed by atoms with Crippen LogP contribution < -0.4 is 0 Å². The van der Waals surface area contributed by atoms with E-state index in [0.717, 1.165) is 36.1 Å². The molecule has 0 fully saturated rings. The molecule has 92 valence electrons. The van der Waals surface area contributed by atoms with Crippen molar-refractivity contribution in [1.82, 2.24) is 19.6 Å². The highest BCUT2D eigenvalue weighted by molar-refractivity contribution is 6.32. The van der Waals surface area contributed by atoms with Crippen LogP contribution in [0.15, 0.2) is 24.3 Å². The Morgan fingerprint density at radius 2 is 2.06 bits per heavy atom. The number of unbranched alkanes of at least 4 members (excludes halogenated alkanes) is 1. The van der Waals surface area contributed by atoms with Crippen molar-refractivity contribution in [2.45, 2.75) is 26.2 Å². The lowest BCUT2D eigenvalue weighted by atomic mass is 10.2. The number of para-hydroxylation sites is 2. The zero-order chi connectivity index (χ0) is 12.5. The molecule has 0 aliphatic rings. The van der Waals surface area contributed by atoms with Gasteiger partial charge in [0.2, 0.25) is 0 Å². The number of hydrogen-bond acceptors (Lipinski definition) is 3. The molecule has 0 atom stereocenters. The summed E-state index contributed by atoms with van der Waals surface area (Å²) < 4.78 is 2.01. The Balaban J connectivity index is 2.33. The number of aryl methyl sites for hydroxylation is 1. The number of aromatic nitrogens is 4. The summed E-state index contributed by atoms with van der Waals surface area (Å²) in [6.07, 6.45) is 3.13. The van der Waals surface area contributed by atoms with E-state index in [1.807, 2.05) is 28.7 Å². The zero-order valence-electron chi connectivity index (χ0n) is 10.1. The Morgan fingerprint density at radius 3 is 2.89 bits per heavy atom. The first-order valence-electron chi connectivity index (χ1n) is 6.09. The third-order valence-electron chi connectivity index (χ3n) is 3.01. The second kappa shape index (κ2) is 4.53. The van der Waals surface area contributed by atoms with Crippen molar-refractivity contribution in [2.75, 3.05) is 0 Å². The van der Waals surface area contributed by atoms with Gasteiger partial charge in [0.25, 0.3) is 0 Å². The predicted octanol–water partition coefficient (Wildman–Crippen LogP) is 3.27. The molecule has 0 saturated carbocycles. The Bertz CT molecular complexity index is 705. The van der Waals surface area contributed by atoms with Crippen LogP contribution in [0.4, 0.5) is 0 Å². The van der Waals surface area contributed by atoms with Crippen molar-refractivity contribution in [1.29, 1.82) is 0 Å². The third kappa shape index (κ3) is 1.73. The molecule has 0 N–H and O–H groups in total. The minimum absolute atomic E-state index is 0.406. The Morgan fingerprint density at radius 1 is 1.22 bits per heavy atom. The molecule has 0 amide bonds. The monoisotopic (exact) mass is 260 g/mol. The van der Waals surface area contributed by atoms with Gasteiger partial charge >= 0.3 is 0 Å². The predicted molar refractivity (Wildman–Crippen MR) is 71.9 cm³/mol. The van der Waals surface area contributed by atoms with Gasteiger partial charge in [0.15, 0.2) is 10.8 Å². The van der Waals surface area contributed by atoms with Crippen LogP contribution in [0, 0.1) is 0 Å². The number of benzene rings is 1. The van der Waals surface area contributed by atoms with Crippen molar-refractivity contribution in [3.8, 4) is 0 Å². The van der Waals surface area contributed by atoms with Crippen LogP contribution in [0.25, 0.3) is 16.7 Å². The molecule has 0 spiro atoms. The zero-order valence-corrected chi connectivity index (χ0v) is 10.9. The number of nitrogens with zero attached hydrogens (tertiary/aromatic N) is 4.